The van der Waals surface area contributed by atoms with Crippen LogP contribution in [0.3, 0.4) is 0 Å². The van der Waals surface area contributed by atoms with Gasteiger partial charge >= 0.3 is 0 Å². The Morgan fingerprint density at radius 3 is 2.45 bits per heavy atom. The van der Waals surface area contributed by atoms with Crippen molar-refractivity contribution in [1.82, 2.24) is 9.88 Å². The summed E-state index contributed by atoms with van der Waals surface area (Å²) < 4.78 is 0. The van der Waals surface area contributed by atoms with Gasteiger partial charge in [0.15, 0.2) is 0 Å². The molecule has 2 N–H and O–H groups in total. The minimum absolute atomic E-state index is 0.558. The number of nitrogens with one attached hydrogen (secondary N) is 1. The predicted octanol–water partition coefficient (Wildman–Crippen LogP) is 7.77. The van der Waals surface area contributed by atoms with Crippen LogP contribution in [0.2, 0.25) is 0 Å². The number of fused-ring (bicyclic) bond motifs is 1. The number of allylic oxidation sites excluding steroid dienone is 2. The first kappa shape index (κ1) is 35.6. The van der Waals surface area contributed by atoms with E-state index in [4.69, 9.17) is 0 Å². The number of unbranched alkanes of at least 4 members (excludes halogenated alkanes) is 1. The molecule has 0 radical (unpaired) electrons. The maximum absolute atomic E-state index is 10.7. The predicted molar refractivity (Wildman–Crippen MR) is 174 cm³/mol. The molecule has 1 aromatic heterocycles. The van der Waals surface area contributed by atoms with Crippen molar-refractivity contribution >= 4 is 36.4 Å². The Morgan fingerprint density at radius 2 is 1.88 bits per heavy atom. The Morgan fingerprint density at radius 1 is 1.20 bits per heavy atom. The first-order valence-corrected chi connectivity index (χ1v) is 15.8. The summed E-state index contributed by atoms with van der Waals surface area (Å²) in [7, 11) is 0. The molecule has 224 valence electrons. The molecule has 3 unspecified atom stereocenters. The van der Waals surface area contributed by atoms with Gasteiger partial charge < -0.3 is 15.3 Å². The van der Waals surface area contributed by atoms with Crippen molar-refractivity contribution in [1.29, 1.82) is 0 Å². The van der Waals surface area contributed by atoms with Crippen molar-refractivity contribution < 1.29 is 9.90 Å². The zero-order valence-corrected chi connectivity index (χ0v) is 26.8. The van der Waals surface area contributed by atoms with Crippen LogP contribution in [-0.4, -0.2) is 58.4 Å². The van der Waals surface area contributed by atoms with E-state index >= 15 is 0 Å². The Labute approximate surface area is 247 Å². The molecule has 3 atom stereocenters. The number of hydrogen-bond donors (Lipinski definition) is 2. The molecule has 8 heteroatoms. The van der Waals surface area contributed by atoms with E-state index in [1.165, 1.54) is 51.4 Å². The maximum Gasteiger partial charge on any atom is 0.209 e. The van der Waals surface area contributed by atoms with Crippen molar-refractivity contribution in [3.63, 3.8) is 0 Å². The fourth-order valence-corrected chi connectivity index (χ4v) is 5.20. The standard InChI is InChI=1S/C18H26N4OS.C10H17NO.C4H10/c1-12-7-8-18(20-9-12)21-11-24-10-17(19-6)13(2)14(3)22-15(4)16(5)23;12-8-11-7-3-5-9-4-1-2-6-10(9)11;1-3-4-2/h7-10,16,23H,6,11H2,1-5H3,(H,20,21);8-10H,1-7H2;3-4H2,1-2H3/b14-13+,17-10-,22-15?;;. The summed E-state index contributed by atoms with van der Waals surface area (Å²) in [4.78, 5) is 25.6. The minimum atomic E-state index is -0.558. The lowest BCUT2D eigenvalue weighted by Crippen LogP contribution is -2.45. The van der Waals surface area contributed by atoms with Crippen molar-refractivity contribution in [2.75, 3.05) is 17.7 Å². The fourth-order valence-electron chi connectivity index (χ4n) is 4.47. The quantitative estimate of drug-likeness (QED) is 0.0984. The monoisotopic (exact) mass is 571 g/mol. The molecule has 1 saturated carbocycles. The third-order valence-corrected chi connectivity index (χ3v) is 8.11. The lowest BCUT2D eigenvalue weighted by Gasteiger charge is -2.42. The number of carbonyl (C=O) groups is 1. The summed E-state index contributed by atoms with van der Waals surface area (Å²) in [6.07, 6.45) is 12.9. The summed E-state index contributed by atoms with van der Waals surface area (Å²) in [6.45, 7) is 18.4. The summed E-state index contributed by atoms with van der Waals surface area (Å²) in [5.41, 5.74) is 4.34. The average Bonchev–Trinajstić information content (AvgIpc) is 2.97. The molecule has 3 rings (SSSR count). The number of nitrogens with zero attached hydrogens (tertiary/aromatic N) is 4. The zero-order chi connectivity index (χ0) is 29.9. The molecule has 0 bridgehead atoms. The molecule has 1 aliphatic heterocycles. The van der Waals surface area contributed by atoms with Gasteiger partial charge in [0.25, 0.3) is 0 Å². The van der Waals surface area contributed by atoms with Gasteiger partial charge in [-0.05, 0) is 95.5 Å². The van der Waals surface area contributed by atoms with Gasteiger partial charge in [0.05, 0.1) is 17.7 Å². The van der Waals surface area contributed by atoms with Gasteiger partial charge in [-0.3, -0.25) is 14.8 Å². The van der Waals surface area contributed by atoms with Gasteiger partial charge in [-0.1, -0.05) is 45.6 Å². The van der Waals surface area contributed by atoms with Gasteiger partial charge in [-0.15, -0.1) is 11.8 Å². The number of aromatic nitrogens is 1. The van der Waals surface area contributed by atoms with Crippen molar-refractivity contribution in [3.8, 4) is 0 Å². The van der Waals surface area contributed by atoms with E-state index < -0.39 is 6.10 Å². The van der Waals surface area contributed by atoms with E-state index in [0.717, 1.165) is 47.2 Å². The number of aliphatic imine (C=N–C) groups is 2. The molecular weight excluding hydrogens is 518 g/mol. The molecule has 1 amide bonds. The van der Waals surface area contributed by atoms with Crippen molar-refractivity contribution in [2.45, 2.75) is 112 Å². The highest BCUT2D eigenvalue weighted by atomic mass is 32.2. The minimum Gasteiger partial charge on any atom is -0.387 e. The van der Waals surface area contributed by atoms with Gasteiger partial charge in [0.2, 0.25) is 6.41 Å². The molecule has 2 fully saturated rings. The largest absolute Gasteiger partial charge is 0.387 e. The van der Waals surface area contributed by atoms with Crippen LogP contribution < -0.4 is 5.32 Å². The molecular formula is C32H53N5O2S. The lowest BCUT2D eigenvalue weighted by atomic mass is 9.78. The molecule has 1 aromatic rings. The topological polar surface area (TPSA) is 90.2 Å². The zero-order valence-electron chi connectivity index (χ0n) is 25.9. The number of pyridine rings is 1. The first-order valence-electron chi connectivity index (χ1n) is 14.7. The van der Waals surface area contributed by atoms with Crippen LogP contribution in [0.4, 0.5) is 5.82 Å². The maximum atomic E-state index is 10.7. The highest BCUT2D eigenvalue weighted by Gasteiger charge is 2.32. The van der Waals surface area contributed by atoms with Gasteiger partial charge in [0, 0.05) is 30.2 Å². The van der Waals surface area contributed by atoms with Crippen LogP contribution in [0.1, 0.15) is 98.5 Å². The second-order valence-electron chi connectivity index (χ2n) is 10.6. The van der Waals surface area contributed by atoms with Crippen LogP contribution in [-0.2, 0) is 4.79 Å². The Balaban J connectivity index is 0.000000410. The van der Waals surface area contributed by atoms with E-state index in [9.17, 15) is 9.90 Å². The number of piperidine rings is 1. The average molecular weight is 572 g/mol. The molecule has 2 heterocycles. The smallest absolute Gasteiger partial charge is 0.209 e. The van der Waals surface area contributed by atoms with Crippen LogP contribution in [0.15, 0.2) is 50.7 Å². The van der Waals surface area contributed by atoms with E-state index in [2.05, 4.69) is 40.9 Å². The molecule has 40 heavy (non-hydrogen) atoms. The van der Waals surface area contributed by atoms with Crippen molar-refractivity contribution in [2.24, 2.45) is 15.9 Å². The number of aryl methyl sites for hydroxylation is 1. The Hall–Kier alpha value is -2.45. The van der Waals surface area contributed by atoms with Crippen LogP contribution in [0.25, 0.3) is 0 Å². The van der Waals surface area contributed by atoms with Crippen LogP contribution >= 0.6 is 11.8 Å². The molecule has 1 aliphatic carbocycles. The Kier molecular flexibility index (Phi) is 18.2. The Bertz CT molecular complexity index is 968. The number of hydrogen-bond acceptors (Lipinski definition) is 7. The first-order chi connectivity index (χ1) is 19.2. The second kappa shape index (κ2) is 20.4. The number of aliphatic hydroxyl groups excluding tert-OH is 1. The third-order valence-electron chi connectivity index (χ3n) is 7.41. The molecule has 1 saturated heterocycles. The molecule has 0 spiro atoms. The van der Waals surface area contributed by atoms with Gasteiger partial charge in [0.1, 0.15) is 5.82 Å². The highest BCUT2D eigenvalue weighted by Crippen LogP contribution is 2.34. The number of rotatable bonds is 10. The normalized spacial score (nSPS) is 20.4. The van der Waals surface area contributed by atoms with Gasteiger partial charge in [-0.2, -0.15) is 0 Å². The number of thioether (sulfide) groups is 1. The van der Waals surface area contributed by atoms with E-state index in [1.807, 2.05) is 49.4 Å². The fraction of sp³-hybridized carbons (Fsp3) is 0.625. The lowest BCUT2D eigenvalue weighted by molar-refractivity contribution is -0.123. The highest BCUT2D eigenvalue weighted by molar-refractivity contribution is 8.02. The SMILES string of the molecule is C=NC(=C\SCNc1ccc(C)cn1)/C(C)=C(\C)N=C(C)C(C)O.CCCC.O=CN1CCCC2CCCCC21. The molecule has 7 nitrogen and oxygen atoms in total. The second-order valence-corrected chi connectivity index (χ2v) is 11.5. The van der Waals surface area contributed by atoms with E-state index in [0.29, 0.717) is 17.6 Å². The van der Waals surface area contributed by atoms with E-state index in [-0.39, 0.29) is 0 Å². The van der Waals surface area contributed by atoms with Crippen molar-refractivity contribution in [3.05, 3.63) is 46.3 Å². The van der Waals surface area contributed by atoms with Crippen LogP contribution in [0.5, 0.6) is 0 Å². The summed E-state index contributed by atoms with van der Waals surface area (Å²) in [6, 6.07) is 4.57. The number of amides is 1. The summed E-state index contributed by atoms with van der Waals surface area (Å²) in [5.74, 6) is 2.35. The molecule has 0 aromatic carbocycles. The van der Waals surface area contributed by atoms with Gasteiger partial charge in [-0.25, -0.2) is 4.98 Å². The number of aliphatic hydroxyl groups is 1. The van der Waals surface area contributed by atoms with Crippen LogP contribution in [0, 0.1) is 12.8 Å². The number of likely N-dealkylation sites (tertiary alicyclic amines) is 1. The van der Waals surface area contributed by atoms with E-state index in [1.54, 1.807) is 25.6 Å². The number of carbonyl (C=O) groups excluding carboxylic acids is 1. The summed E-state index contributed by atoms with van der Waals surface area (Å²) in [5, 5.41) is 14.7. The summed E-state index contributed by atoms with van der Waals surface area (Å²) >= 11 is 1.58. The number of anilines is 1. The molecule has 2 aliphatic rings. The third kappa shape index (κ3) is 13.3.